The summed E-state index contributed by atoms with van der Waals surface area (Å²) in [4.78, 5) is 6.76. The number of guanidine groups is 1. The fourth-order valence-electron chi connectivity index (χ4n) is 2.98. The van der Waals surface area contributed by atoms with Gasteiger partial charge in [0.2, 0.25) is 0 Å². The van der Waals surface area contributed by atoms with E-state index < -0.39 is 0 Å². The topological polar surface area (TPSA) is 66.3 Å². The molecule has 0 saturated heterocycles. The second-order valence-electron chi connectivity index (χ2n) is 6.40. The van der Waals surface area contributed by atoms with Crippen LogP contribution in [0.4, 0.5) is 0 Å². The molecule has 1 aliphatic carbocycles. The van der Waals surface area contributed by atoms with Crippen LogP contribution < -0.4 is 14.8 Å². The number of hydrogen-bond acceptors (Lipinski definition) is 4. The summed E-state index contributed by atoms with van der Waals surface area (Å²) < 4.78 is 10.9. The fourth-order valence-corrected chi connectivity index (χ4v) is 2.98. The van der Waals surface area contributed by atoms with Crippen molar-refractivity contribution in [3.63, 3.8) is 0 Å². The van der Waals surface area contributed by atoms with Crippen LogP contribution >= 0.6 is 0 Å². The molecular weight excluding hydrogens is 318 g/mol. The molecule has 1 aromatic carbocycles. The zero-order chi connectivity index (χ0) is 18.1. The Kier molecular flexibility index (Phi) is 7.85. The van der Waals surface area contributed by atoms with Crippen LogP contribution in [0.15, 0.2) is 29.3 Å². The number of ether oxygens (including phenoxy) is 2. The molecule has 2 rings (SSSR count). The molecule has 2 unspecified atom stereocenters. The summed E-state index contributed by atoms with van der Waals surface area (Å²) in [6, 6.07) is 7.58. The van der Waals surface area contributed by atoms with Gasteiger partial charge in [-0.25, -0.2) is 0 Å². The summed E-state index contributed by atoms with van der Waals surface area (Å²) in [6.07, 6.45) is 2.87. The molecule has 1 saturated carbocycles. The van der Waals surface area contributed by atoms with Crippen LogP contribution in [0.3, 0.4) is 0 Å². The third-order valence-corrected chi connectivity index (χ3v) is 4.55. The SMILES string of the molecule is CCNC(=NCC1CCCC1O)N(C)CCOc1ccc(OC)cc1. The normalized spacial score (nSPS) is 20.4. The van der Waals surface area contributed by atoms with Crippen LogP contribution in [-0.2, 0) is 0 Å². The zero-order valence-electron chi connectivity index (χ0n) is 15.6. The van der Waals surface area contributed by atoms with E-state index in [1.807, 2.05) is 31.3 Å². The number of hydrogen-bond donors (Lipinski definition) is 2. The number of likely N-dealkylation sites (N-methyl/N-ethyl adjacent to an activating group) is 1. The lowest BCUT2D eigenvalue weighted by atomic mass is 10.1. The molecule has 1 aliphatic rings. The largest absolute Gasteiger partial charge is 0.497 e. The molecule has 0 bridgehead atoms. The van der Waals surface area contributed by atoms with Crippen LogP contribution in [0.5, 0.6) is 11.5 Å². The predicted octanol–water partition coefficient (Wildman–Crippen LogP) is 2.13. The van der Waals surface area contributed by atoms with Crippen molar-refractivity contribution in [3.05, 3.63) is 24.3 Å². The van der Waals surface area contributed by atoms with Gasteiger partial charge in [-0.05, 0) is 44.0 Å². The third kappa shape index (κ3) is 6.12. The van der Waals surface area contributed by atoms with E-state index in [2.05, 4.69) is 17.1 Å². The minimum Gasteiger partial charge on any atom is -0.497 e. The van der Waals surface area contributed by atoms with E-state index in [1.165, 1.54) is 0 Å². The Morgan fingerprint density at radius 3 is 2.60 bits per heavy atom. The molecule has 0 radical (unpaired) electrons. The van der Waals surface area contributed by atoms with Crippen molar-refractivity contribution in [2.45, 2.75) is 32.3 Å². The maximum Gasteiger partial charge on any atom is 0.193 e. The number of nitrogens with one attached hydrogen (secondary N) is 1. The number of benzene rings is 1. The first kappa shape index (κ1) is 19.4. The summed E-state index contributed by atoms with van der Waals surface area (Å²) in [5.74, 6) is 2.79. The molecule has 6 nitrogen and oxygen atoms in total. The van der Waals surface area contributed by atoms with Crippen LogP contribution in [0.25, 0.3) is 0 Å². The minimum absolute atomic E-state index is 0.199. The van der Waals surface area contributed by atoms with Crippen molar-refractivity contribution >= 4 is 5.96 Å². The standard InChI is InChI=1S/C19H31N3O3/c1-4-20-19(21-14-15-6-5-7-18(15)23)22(2)12-13-25-17-10-8-16(24-3)9-11-17/h8-11,15,18,23H,4-7,12-14H2,1-3H3,(H,20,21). The summed E-state index contributed by atoms with van der Waals surface area (Å²) in [5.41, 5.74) is 0. The summed E-state index contributed by atoms with van der Waals surface area (Å²) in [6.45, 7) is 4.84. The van der Waals surface area contributed by atoms with Gasteiger partial charge in [-0.3, -0.25) is 4.99 Å². The molecule has 6 heteroatoms. The molecule has 2 atom stereocenters. The van der Waals surface area contributed by atoms with Crippen LogP contribution in [0.1, 0.15) is 26.2 Å². The number of methoxy groups -OCH3 is 1. The van der Waals surface area contributed by atoms with Crippen molar-refractivity contribution in [1.82, 2.24) is 10.2 Å². The smallest absolute Gasteiger partial charge is 0.193 e. The van der Waals surface area contributed by atoms with Gasteiger partial charge >= 0.3 is 0 Å². The quantitative estimate of drug-likeness (QED) is 0.556. The summed E-state index contributed by atoms with van der Waals surface area (Å²) in [5, 5.41) is 13.3. The molecule has 140 valence electrons. The summed E-state index contributed by atoms with van der Waals surface area (Å²) >= 11 is 0. The van der Waals surface area contributed by atoms with Gasteiger partial charge in [-0.2, -0.15) is 0 Å². The average Bonchev–Trinajstić information content (AvgIpc) is 3.04. The fraction of sp³-hybridized carbons (Fsp3) is 0.632. The van der Waals surface area contributed by atoms with E-state index in [1.54, 1.807) is 7.11 Å². The highest BCUT2D eigenvalue weighted by molar-refractivity contribution is 5.79. The first-order valence-corrected chi connectivity index (χ1v) is 9.08. The molecule has 0 amide bonds. The van der Waals surface area contributed by atoms with Crippen molar-refractivity contribution in [1.29, 1.82) is 0 Å². The van der Waals surface area contributed by atoms with Gasteiger partial charge in [0.15, 0.2) is 5.96 Å². The maximum atomic E-state index is 9.94. The highest BCUT2D eigenvalue weighted by Crippen LogP contribution is 2.25. The molecule has 0 aromatic heterocycles. The van der Waals surface area contributed by atoms with Gasteiger partial charge in [0.25, 0.3) is 0 Å². The van der Waals surface area contributed by atoms with E-state index in [9.17, 15) is 5.11 Å². The predicted molar refractivity (Wildman–Crippen MR) is 100 cm³/mol. The third-order valence-electron chi connectivity index (χ3n) is 4.55. The Balaban J connectivity index is 1.80. The van der Waals surface area contributed by atoms with Gasteiger partial charge in [0, 0.05) is 26.1 Å². The van der Waals surface area contributed by atoms with E-state index >= 15 is 0 Å². The molecule has 1 fully saturated rings. The van der Waals surface area contributed by atoms with Crippen LogP contribution in [0, 0.1) is 5.92 Å². The lowest BCUT2D eigenvalue weighted by Gasteiger charge is -2.23. The molecular formula is C19H31N3O3. The highest BCUT2D eigenvalue weighted by Gasteiger charge is 2.24. The molecule has 0 heterocycles. The molecule has 25 heavy (non-hydrogen) atoms. The Bertz CT molecular complexity index is 533. The zero-order valence-corrected chi connectivity index (χ0v) is 15.6. The summed E-state index contributed by atoms with van der Waals surface area (Å²) in [7, 11) is 3.65. The van der Waals surface area contributed by atoms with Crippen LogP contribution in [0.2, 0.25) is 0 Å². The van der Waals surface area contributed by atoms with E-state index in [-0.39, 0.29) is 12.0 Å². The van der Waals surface area contributed by atoms with E-state index in [0.717, 1.165) is 49.8 Å². The maximum absolute atomic E-state index is 9.94. The van der Waals surface area contributed by atoms with Crippen molar-refractivity contribution in [3.8, 4) is 11.5 Å². The Hall–Kier alpha value is -1.95. The molecule has 2 N–H and O–H groups in total. The highest BCUT2D eigenvalue weighted by atomic mass is 16.5. The number of nitrogens with zero attached hydrogens (tertiary/aromatic N) is 2. The number of aliphatic imine (C=N–C) groups is 1. The average molecular weight is 349 g/mol. The van der Waals surface area contributed by atoms with Gasteiger partial charge in [-0.1, -0.05) is 6.42 Å². The number of rotatable bonds is 8. The Morgan fingerprint density at radius 1 is 1.28 bits per heavy atom. The lowest BCUT2D eigenvalue weighted by Crippen LogP contribution is -2.41. The van der Waals surface area contributed by atoms with Gasteiger partial charge < -0.3 is 24.8 Å². The minimum atomic E-state index is -0.199. The van der Waals surface area contributed by atoms with E-state index in [4.69, 9.17) is 14.5 Å². The van der Waals surface area contributed by atoms with Crippen molar-refractivity contribution < 1.29 is 14.6 Å². The van der Waals surface area contributed by atoms with Gasteiger partial charge in [0.05, 0.1) is 19.8 Å². The first-order valence-electron chi connectivity index (χ1n) is 9.08. The second-order valence-corrected chi connectivity index (χ2v) is 6.40. The van der Waals surface area contributed by atoms with Crippen molar-refractivity contribution in [2.75, 3.05) is 40.4 Å². The van der Waals surface area contributed by atoms with Crippen molar-refractivity contribution in [2.24, 2.45) is 10.9 Å². The second kappa shape index (κ2) is 10.1. The Labute approximate surface area is 150 Å². The lowest BCUT2D eigenvalue weighted by molar-refractivity contribution is 0.136. The number of aliphatic hydroxyl groups excluding tert-OH is 1. The number of aliphatic hydroxyl groups is 1. The van der Waals surface area contributed by atoms with E-state index in [0.29, 0.717) is 13.2 Å². The van der Waals surface area contributed by atoms with Gasteiger partial charge in [-0.15, -0.1) is 0 Å². The molecule has 1 aromatic rings. The monoisotopic (exact) mass is 349 g/mol. The van der Waals surface area contributed by atoms with Gasteiger partial charge in [0.1, 0.15) is 18.1 Å². The molecule has 0 aliphatic heterocycles. The Morgan fingerprint density at radius 2 is 2.00 bits per heavy atom. The first-order chi connectivity index (χ1) is 12.1. The van der Waals surface area contributed by atoms with Crippen LogP contribution in [-0.4, -0.2) is 62.5 Å². The molecule has 0 spiro atoms.